The van der Waals surface area contributed by atoms with Crippen LogP contribution in [0.25, 0.3) is 0 Å². The van der Waals surface area contributed by atoms with Gasteiger partial charge < -0.3 is 9.73 Å². The molecule has 0 radical (unpaired) electrons. The van der Waals surface area contributed by atoms with Crippen LogP contribution in [0, 0.1) is 5.92 Å². The van der Waals surface area contributed by atoms with E-state index in [1.807, 2.05) is 26.0 Å². The third kappa shape index (κ3) is 4.71. The van der Waals surface area contributed by atoms with Crippen molar-refractivity contribution in [2.24, 2.45) is 5.92 Å². The smallest absolute Gasteiger partial charge is 0.220 e. The molecule has 0 aliphatic carbocycles. The van der Waals surface area contributed by atoms with E-state index in [0.717, 1.165) is 5.76 Å². The summed E-state index contributed by atoms with van der Waals surface area (Å²) in [5.74, 6) is 1.22. The van der Waals surface area contributed by atoms with Crippen molar-refractivity contribution in [3.63, 3.8) is 0 Å². The number of amides is 1. The molecule has 0 aromatic carbocycles. The van der Waals surface area contributed by atoms with Crippen molar-refractivity contribution in [3.8, 4) is 0 Å². The lowest BCUT2D eigenvalue weighted by Gasteiger charge is -2.13. The van der Waals surface area contributed by atoms with Crippen molar-refractivity contribution in [1.29, 1.82) is 0 Å². The molecule has 0 fully saturated rings. The van der Waals surface area contributed by atoms with Crippen LogP contribution in [0.4, 0.5) is 0 Å². The quantitative estimate of drug-likeness (QED) is 0.781. The molecular weight excluding hydrogens is 226 g/mol. The molecule has 1 amide bonds. The standard InChI is InChI=1S/C12H18ClNO2/c1-9(2)11(13)8-14-12(15)6-5-10-4-3-7-16-10/h3-4,7,9,11H,5-6,8H2,1-2H3,(H,14,15). The van der Waals surface area contributed by atoms with Gasteiger partial charge >= 0.3 is 0 Å². The Balaban J connectivity index is 2.16. The summed E-state index contributed by atoms with van der Waals surface area (Å²) in [5.41, 5.74) is 0. The van der Waals surface area contributed by atoms with Crippen molar-refractivity contribution < 1.29 is 9.21 Å². The van der Waals surface area contributed by atoms with E-state index in [1.54, 1.807) is 6.26 Å². The molecule has 1 aromatic rings. The summed E-state index contributed by atoms with van der Waals surface area (Å²) in [6.07, 6.45) is 2.68. The van der Waals surface area contributed by atoms with Crippen LogP contribution in [0.3, 0.4) is 0 Å². The molecule has 1 rings (SSSR count). The number of carbonyl (C=O) groups excluding carboxylic acids is 1. The van der Waals surface area contributed by atoms with E-state index in [1.165, 1.54) is 0 Å². The van der Waals surface area contributed by atoms with Crippen LogP contribution in [-0.2, 0) is 11.2 Å². The molecule has 1 unspecified atom stereocenters. The van der Waals surface area contributed by atoms with Gasteiger partial charge in [-0.3, -0.25) is 4.79 Å². The van der Waals surface area contributed by atoms with Crippen LogP contribution in [0.5, 0.6) is 0 Å². The summed E-state index contributed by atoms with van der Waals surface area (Å²) in [6, 6.07) is 3.69. The number of hydrogen-bond acceptors (Lipinski definition) is 2. The molecule has 1 atom stereocenters. The van der Waals surface area contributed by atoms with E-state index in [4.69, 9.17) is 16.0 Å². The Morgan fingerprint density at radius 1 is 1.56 bits per heavy atom. The fraction of sp³-hybridized carbons (Fsp3) is 0.583. The second kappa shape index (κ2) is 6.59. The molecule has 90 valence electrons. The Hall–Kier alpha value is -0.960. The van der Waals surface area contributed by atoms with Crippen LogP contribution >= 0.6 is 11.6 Å². The second-order valence-corrected chi connectivity index (χ2v) is 4.70. The van der Waals surface area contributed by atoms with Crippen molar-refractivity contribution in [1.82, 2.24) is 5.32 Å². The highest BCUT2D eigenvalue weighted by atomic mass is 35.5. The van der Waals surface area contributed by atoms with Gasteiger partial charge in [-0.1, -0.05) is 13.8 Å². The minimum absolute atomic E-state index is 0.00689. The van der Waals surface area contributed by atoms with Gasteiger partial charge in [-0.25, -0.2) is 0 Å². The molecule has 0 aliphatic rings. The average molecular weight is 244 g/mol. The van der Waals surface area contributed by atoms with Gasteiger partial charge in [-0.05, 0) is 18.1 Å². The second-order valence-electron chi connectivity index (χ2n) is 4.14. The van der Waals surface area contributed by atoms with Crippen LogP contribution in [0.15, 0.2) is 22.8 Å². The van der Waals surface area contributed by atoms with E-state index >= 15 is 0 Å². The largest absolute Gasteiger partial charge is 0.469 e. The monoisotopic (exact) mass is 243 g/mol. The Morgan fingerprint density at radius 2 is 2.31 bits per heavy atom. The topological polar surface area (TPSA) is 42.2 Å². The first kappa shape index (κ1) is 13.1. The highest BCUT2D eigenvalue weighted by Gasteiger charge is 2.11. The van der Waals surface area contributed by atoms with E-state index < -0.39 is 0 Å². The minimum Gasteiger partial charge on any atom is -0.469 e. The van der Waals surface area contributed by atoms with Crippen molar-refractivity contribution in [3.05, 3.63) is 24.2 Å². The Morgan fingerprint density at radius 3 is 2.88 bits per heavy atom. The van der Waals surface area contributed by atoms with Gasteiger partial charge in [0.2, 0.25) is 5.91 Å². The predicted molar refractivity (Wildman–Crippen MR) is 64.5 cm³/mol. The number of carbonyl (C=O) groups is 1. The van der Waals surface area contributed by atoms with Crippen molar-refractivity contribution in [2.45, 2.75) is 32.1 Å². The lowest BCUT2D eigenvalue weighted by Crippen LogP contribution is -2.32. The molecule has 0 spiro atoms. The molecule has 1 N–H and O–H groups in total. The van der Waals surface area contributed by atoms with Gasteiger partial charge in [0.15, 0.2) is 0 Å². The third-order valence-corrected chi connectivity index (χ3v) is 3.05. The van der Waals surface area contributed by atoms with Crippen LogP contribution in [0.2, 0.25) is 0 Å². The van der Waals surface area contributed by atoms with E-state index in [2.05, 4.69) is 5.32 Å². The minimum atomic E-state index is -0.00689. The molecule has 1 aromatic heterocycles. The molecule has 3 nitrogen and oxygen atoms in total. The molecule has 0 aliphatic heterocycles. The van der Waals surface area contributed by atoms with Gasteiger partial charge in [0, 0.05) is 19.4 Å². The number of alkyl halides is 1. The first-order valence-electron chi connectivity index (χ1n) is 5.52. The summed E-state index contributed by atoms with van der Waals surface area (Å²) in [7, 11) is 0. The van der Waals surface area contributed by atoms with Crippen molar-refractivity contribution >= 4 is 17.5 Å². The Labute approximate surface area is 101 Å². The lowest BCUT2D eigenvalue weighted by molar-refractivity contribution is -0.121. The van der Waals surface area contributed by atoms with Crippen molar-refractivity contribution in [2.75, 3.05) is 6.54 Å². The fourth-order valence-electron chi connectivity index (χ4n) is 1.23. The summed E-state index contributed by atoms with van der Waals surface area (Å²) >= 11 is 6.03. The summed E-state index contributed by atoms with van der Waals surface area (Å²) in [4.78, 5) is 11.5. The molecule has 0 saturated heterocycles. The number of hydrogen-bond donors (Lipinski definition) is 1. The number of rotatable bonds is 6. The first-order valence-corrected chi connectivity index (χ1v) is 5.96. The lowest BCUT2D eigenvalue weighted by atomic mass is 10.1. The highest BCUT2D eigenvalue weighted by molar-refractivity contribution is 6.21. The zero-order valence-electron chi connectivity index (χ0n) is 9.70. The van der Waals surface area contributed by atoms with Gasteiger partial charge in [-0.2, -0.15) is 0 Å². The molecule has 0 saturated carbocycles. The first-order chi connectivity index (χ1) is 7.59. The fourth-order valence-corrected chi connectivity index (χ4v) is 1.30. The van der Waals surface area contributed by atoms with E-state index in [-0.39, 0.29) is 11.3 Å². The van der Waals surface area contributed by atoms with Crippen LogP contribution in [0.1, 0.15) is 26.0 Å². The zero-order chi connectivity index (χ0) is 12.0. The van der Waals surface area contributed by atoms with E-state index in [9.17, 15) is 4.79 Å². The third-order valence-electron chi connectivity index (χ3n) is 2.40. The SMILES string of the molecule is CC(C)C(Cl)CNC(=O)CCc1ccco1. The Bertz CT molecular complexity index is 309. The number of aryl methyl sites for hydroxylation is 1. The summed E-state index contributed by atoms with van der Waals surface area (Å²) in [5, 5.41) is 2.81. The zero-order valence-corrected chi connectivity index (χ0v) is 10.5. The molecular formula is C12H18ClNO2. The molecule has 0 bridgehead atoms. The number of furan rings is 1. The Kier molecular flexibility index (Phi) is 5.39. The summed E-state index contributed by atoms with van der Waals surface area (Å²) in [6.45, 7) is 4.59. The molecule has 16 heavy (non-hydrogen) atoms. The maximum Gasteiger partial charge on any atom is 0.220 e. The number of nitrogens with one attached hydrogen (secondary N) is 1. The highest BCUT2D eigenvalue weighted by Crippen LogP contribution is 2.08. The molecule has 1 heterocycles. The van der Waals surface area contributed by atoms with Crippen LogP contribution in [-0.4, -0.2) is 17.8 Å². The maximum atomic E-state index is 11.5. The maximum absolute atomic E-state index is 11.5. The van der Waals surface area contributed by atoms with Crippen LogP contribution < -0.4 is 5.32 Å². The van der Waals surface area contributed by atoms with Gasteiger partial charge in [0.25, 0.3) is 0 Å². The predicted octanol–water partition coefficient (Wildman–Crippen LogP) is 2.59. The normalized spacial score (nSPS) is 12.8. The average Bonchev–Trinajstić information content (AvgIpc) is 2.75. The summed E-state index contributed by atoms with van der Waals surface area (Å²) < 4.78 is 5.14. The van der Waals surface area contributed by atoms with E-state index in [0.29, 0.717) is 25.3 Å². The van der Waals surface area contributed by atoms with Gasteiger partial charge in [0.05, 0.1) is 11.6 Å². The van der Waals surface area contributed by atoms with Gasteiger partial charge in [0.1, 0.15) is 5.76 Å². The van der Waals surface area contributed by atoms with Gasteiger partial charge in [-0.15, -0.1) is 11.6 Å². The molecule has 4 heteroatoms. The number of halogens is 1.